The van der Waals surface area contributed by atoms with Gasteiger partial charge in [-0.3, -0.25) is 14.9 Å². The molecule has 0 spiro atoms. The van der Waals surface area contributed by atoms with E-state index in [0.29, 0.717) is 10.7 Å². The van der Waals surface area contributed by atoms with Crippen molar-refractivity contribution in [3.63, 3.8) is 0 Å². The fraction of sp³-hybridized carbons (Fsp3) is 0.118. The normalized spacial score (nSPS) is 10.6. The highest BCUT2D eigenvalue weighted by molar-refractivity contribution is 7.98. The second-order valence-electron chi connectivity index (χ2n) is 5.09. The van der Waals surface area contributed by atoms with Crippen LogP contribution in [0.15, 0.2) is 57.7 Å². The average Bonchev–Trinajstić information content (AvgIpc) is 3.06. The Bertz CT molecular complexity index is 930. The van der Waals surface area contributed by atoms with Crippen LogP contribution in [0.5, 0.6) is 0 Å². The van der Waals surface area contributed by atoms with Crippen molar-refractivity contribution < 1.29 is 4.79 Å². The van der Waals surface area contributed by atoms with Crippen LogP contribution < -0.4 is 10.9 Å². The van der Waals surface area contributed by atoms with Crippen LogP contribution in [0.1, 0.15) is 10.4 Å². The number of thiazole rings is 1. The van der Waals surface area contributed by atoms with E-state index in [-0.39, 0.29) is 11.5 Å². The number of carbonyl (C=O) groups excluding carboxylic acids is 1. The molecule has 5 nitrogen and oxygen atoms in total. The molecule has 0 aliphatic heterocycles. The van der Waals surface area contributed by atoms with E-state index in [9.17, 15) is 9.59 Å². The summed E-state index contributed by atoms with van der Waals surface area (Å²) in [7, 11) is 1.64. The van der Waals surface area contributed by atoms with E-state index in [1.807, 2.05) is 35.9 Å². The molecule has 0 saturated carbocycles. The van der Waals surface area contributed by atoms with Crippen LogP contribution in [0.4, 0.5) is 5.13 Å². The smallest absolute Gasteiger partial charge is 0.257 e. The van der Waals surface area contributed by atoms with E-state index in [1.54, 1.807) is 31.1 Å². The summed E-state index contributed by atoms with van der Waals surface area (Å²) in [5.41, 5.74) is 1.90. The number of rotatable bonds is 4. The minimum absolute atomic E-state index is 0.226. The molecule has 2 aromatic heterocycles. The van der Waals surface area contributed by atoms with E-state index >= 15 is 0 Å². The second kappa shape index (κ2) is 7.02. The van der Waals surface area contributed by atoms with Gasteiger partial charge in [-0.1, -0.05) is 12.1 Å². The monoisotopic (exact) mass is 357 g/mol. The highest BCUT2D eigenvalue weighted by atomic mass is 32.2. The Hall–Kier alpha value is -2.38. The summed E-state index contributed by atoms with van der Waals surface area (Å²) in [6.07, 6.45) is 3.60. The molecule has 0 fully saturated rings. The summed E-state index contributed by atoms with van der Waals surface area (Å²) in [6, 6.07) is 11.0. The van der Waals surface area contributed by atoms with Gasteiger partial charge in [-0.2, -0.15) is 0 Å². The molecule has 3 rings (SSSR count). The largest absolute Gasteiger partial charge is 0.319 e. The van der Waals surface area contributed by atoms with Gasteiger partial charge >= 0.3 is 0 Å². The average molecular weight is 357 g/mol. The molecule has 1 aromatic carbocycles. The molecule has 7 heteroatoms. The number of pyridine rings is 1. The lowest BCUT2D eigenvalue weighted by Crippen LogP contribution is -2.19. The summed E-state index contributed by atoms with van der Waals surface area (Å²) in [4.78, 5) is 29.4. The summed E-state index contributed by atoms with van der Waals surface area (Å²) in [5.74, 6) is -0.341. The van der Waals surface area contributed by atoms with Crippen molar-refractivity contribution >= 4 is 34.1 Å². The molecular weight excluding hydrogens is 342 g/mol. The number of benzene rings is 1. The minimum Gasteiger partial charge on any atom is -0.319 e. The zero-order valence-corrected chi connectivity index (χ0v) is 14.8. The van der Waals surface area contributed by atoms with Crippen LogP contribution >= 0.6 is 23.1 Å². The van der Waals surface area contributed by atoms with Crippen molar-refractivity contribution in [3.8, 4) is 11.3 Å². The summed E-state index contributed by atoms with van der Waals surface area (Å²) >= 11 is 3.04. The molecule has 0 bridgehead atoms. The molecule has 0 saturated heterocycles. The van der Waals surface area contributed by atoms with Crippen molar-refractivity contribution in [1.29, 1.82) is 0 Å². The number of nitrogens with zero attached hydrogens (tertiary/aromatic N) is 2. The van der Waals surface area contributed by atoms with Gasteiger partial charge in [0.15, 0.2) is 5.13 Å². The van der Waals surface area contributed by atoms with Crippen molar-refractivity contribution in [2.75, 3.05) is 11.6 Å². The lowest BCUT2D eigenvalue weighted by Gasteiger charge is -2.02. The maximum absolute atomic E-state index is 12.2. The Kier molecular flexibility index (Phi) is 4.82. The van der Waals surface area contributed by atoms with Crippen LogP contribution in [-0.4, -0.2) is 21.7 Å². The number of hydrogen-bond acceptors (Lipinski definition) is 5. The molecule has 122 valence electrons. The first-order chi connectivity index (χ1) is 11.6. The van der Waals surface area contributed by atoms with Gasteiger partial charge in [0, 0.05) is 40.7 Å². The Morgan fingerprint density at radius 2 is 2.00 bits per heavy atom. The molecule has 0 unspecified atom stereocenters. The van der Waals surface area contributed by atoms with Crippen LogP contribution in [-0.2, 0) is 7.05 Å². The SMILES string of the molecule is CSc1ccc(-c2csc(NC(=O)c3ccn(C)c(=O)c3)n2)cc1. The molecule has 0 aliphatic carbocycles. The summed E-state index contributed by atoms with van der Waals surface area (Å²) < 4.78 is 1.41. The third-order valence-corrected chi connectivity index (χ3v) is 4.98. The third-order valence-electron chi connectivity index (χ3n) is 3.48. The number of nitrogens with one attached hydrogen (secondary N) is 1. The number of amides is 1. The second-order valence-corrected chi connectivity index (χ2v) is 6.82. The summed E-state index contributed by atoms with van der Waals surface area (Å²) in [5, 5.41) is 5.13. The molecule has 24 heavy (non-hydrogen) atoms. The van der Waals surface area contributed by atoms with E-state index in [0.717, 1.165) is 11.3 Å². The molecule has 3 aromatic rings. The Balaban J connectivity index is 1.76. The zero-order valence-electron chi connectivity index (χ0n) is 13.1. The van der Waals surface area contributed by atoms with Crippen molar-refractivity contribution in [2.45, 2.75) is 4.90 Å². The van der Waals surface area contributed by atoms with Crippen LogP contribution in [0.25, 0.3) is 11.3 Å². The molecule has 0 atom stereocenters. The van der Waals surface area contributed by atoms with Crippen LogP contribution in [0.3, 0.4) is 0 Å². The van der Waals surface area contributed by atoms with Gasteiger partial charge in [-0.25, -0.2) is 4.98 Å². The van der Waals surface area contributed by atoms with Gasteiger partial charge in [0.1, 0.15) is 0 Å². The van der Waals surface area contributed by atoms with Crippen molar-refractivity contribution in [1.82, 2.24) is 9.55 Å². The fourth-order valence-corrected chi connectivity index (χ4v) is 3.21. The topological polar surface area (TPSA) is 64.0 Å². The predicted molar refractivity (Wildman–Crippen MR) is 99.0 cm³/mol. The maximum atomic E-state index is 12.2. The Labute approximate surface area is 147 Å². The first kappa shape index (κ1) is 16.5. The first-order valence-electron chi connectivity index (χ1n) is 7.15. The van der Waals surface area contributed by atoms with Crippen molar-refractivity contribution in [2.24, 2.45) is 7.05 Å². The number of aromatic nitrogens is 2. The van der Waals surface area contributed by atoms with Crippen LogP contribution in [0.2, 0.25) is 0 Å². The van der Waals surface area contributed by atoms with E-state index in [2.05, 4.69) is 10.3 Å². The molecule has 0 aliphatic rings. The van der Waals surface area contributed by atoms with Gasteiger partial charge in [-0.15, -0.1) is 23.1 Å². The molecular formula is C17H15N3O2S2. The molecule has 1 N–H and O–H groups in total. The predicted octanol–water partition coefficient (Wildman–Crippen LogP) is 3.48. The molecule has 0 radical (unpaired) electrons. The highest BCUT2D eigenvalue weighted by Gasteiger charge is 2.11. The van der Waals surface area contributed by atoms with E-state index < -0.39 is 0 Å². The fourth-order valence-electron chi connectivity index (χ4n) is 2.08. The molecule has 1 amide bonds. The number of hydrogen-bond donors (Lipinski definition) is 1. The lowest BCUT2D eigenvalue weighted by atomic mass is 10.2. The summed E-state index contributed by atoms with van der Waals surface area (Å²) in [6.45, 7) is 0. The van der Waals surface area contributed by atoms with E-state index in [1.165, 1.54) is 26.9 Å². The van der Waals surface area contributed by atoms with Crippen LogP contribution in [0, 0.1) is 0 Å². The first-order valence-corrected chi connectivity index (χ1v) is 9.25. The van der Waals surface area contributed by atoms with Gasteiger partial charge in [0.05, 0.1) is 5.69 Å². The van der Waals surface area contributed by atoms with Crippen molar-refractivity contribution in [3.05, 3.63) is 63.9 Å². The Morgan fingerprint density at radius 3 is 2.67 bits per heavy atom. The van der Waals surface area contributed by atoms with E-state index in [4.69, 9.17) is 0 Å². The van der Waals surface area contributed by atoms with Gasteiger partial charge in [0.2, 0.25) is 0 Å². The third kappa shape index (κ3) is 3.58. The number of anilines is 1. The minimum atomic E-state index is -0.341. The Morgan fingerprint density at radius 1 is 1.25 bits per heavy atom. The lowest BCUT2D eigenvalue weighted by molar-refractivity contribution is 0.102. The standard InChI is InChI=1S/C17H15N3O2S2/c1-20-8-7-12(9-15(20)21)16(22)19-17-18-14(10-24-17)11-3-5-13(23-2)6-4-11/h3-10H,1-2H3,(H,18,19,22). The number of carbonyl (C=O) groups is 1. The molecule has 2 heterocycles. The quantitative estimate of drug-likeness (QED) is 0.726. The van der Waals surface area contributed by atoms with Gasteiger partial charge in [0.25, 0.3) is 11.5 Å². The number of aryl methyl sites for hydroxylation is 1. The maximum Gasteiger partial charge on any atom is 0.257 e. The highest BCUT2D eigenvalue weighted by Crippen LogP contribution is 2.26. The van der Waals surface area contributed by atoms with Gasteiger partial charge < -0.3 is 4.57 Å². The number of thioether (sulfide) groups is 1. The van der Waals surface area contributed by atoms with Gasteiger partial charge in [-0.05, 0) is 24.5 Å². The zero-order chi connectivity index (χ0) is 17.1.